The Balaban J connectivity index is 0.967. The van der Waals surface area contributed by atoms with E-state index in [-0.39, 0.29) is 36.5 Å². The van der Waals surface area contributed by atoms with E-state index in [0.29, 0.717) is 37.3 Å². The van der Waals surface area contributed by atoms with Crippen LogP contribution in [0.3, 0.4) is 0 Å². The Morgan fingerprint density at radius 3 is 1.67 bits per heavy atom. The third-order valence-electron chi connectivity index (χ3n) is 9.50. The zero-order valence-electron chi connectivity index (χ0n) is 27.2. The Morgan fingerprint density at radius 2 is 1.12 bits per heavy atom. The highest BCUT2D eigenvalue weighted by Gasteiger charge is 2.35. The molecule has 3 N–H and O–H groups in total. The number of carbonyl (C=O) groups is 4. The number of aromatic nitrogens is 1. The second kappa shape index (κ2) is 14.2. The van der Waals surface area contributed by atoms with Gasteiger partial charge in [0, 0.05) is 41.1 Å². The number of nitrogens with zero attached hydrogens (tertiary/aromatic N) is 2. The van der Waals surface area contributed by atoms with Crippen molar-refractivity contribution in [3.63, 3.8) is 0 Å². The van der Waals surface area contributed by atoms with Crippen molar-refractivity contribution in [3.05, 3.63) is 120 Å². The van der Waals surface area contributed by atoms with Gasteiger partial charge in [-0.25, -0.2) is 0 Å². The molecule has 49 heavy (non-hydrogen) atoms. The van der Waals surface area contributed by atoms with Gasteiger partial charge in [-0.1, -0.05) is 72.8 Å². The first-order valence-electron chi connectivity index (χ1n) is 16.9. The van der Waals surface area contributed by atoms with Gasteiger partial charge in [0.05, 0.1) is 12.8 Å². The first kappa shape index (κ1) is 31.9. The zero-order chi connectivity index (χ0) is 33.7. The van der Waals surface area contributed by atoms with Crippen LogP contribution in [0.1, 0.15) is 36.8 Å². The van der Waals surface area contributed by atoms with Gasteiger partial charge in [-0.3, -0.25) is 19.2 Å². The molecule has 0 saturated carbocycles. The molecule has 0 bridgehead atoms. The summed E-state index contributed by atoms with van der Waals surface area (Å²) < 4.78 is 0. The van der Waals surface area contributed by atoms with Crippen molar-refractivity contribution in [1.82, 2.24) is 14.8 Å². The summed E-state index contributed by atoms with van der Waals surface area (Å²) in [5.41, 5.74) is 5.99. The fourth-order valence-electron chi connectivity index (χ4n) is 6.97. The first-order chi connectivity index (χ1) is 23.9. The number of fused-ring (bicyclic) bond motifs is 1. The van der Waals surface area contributed by atoms with Gasteiger partial charge in [0.25, 0.3) is 0 Å². The maximum Gasteiger partial charge on any atom is 0.247 e. The van der Waals surface area contributed by atoms with Gasteiger partial charge < -0.3 is 25.4 Å². The fraction of sp³-hybridized carbons (Fsp3) is 0.250. The van der Waals surface area contributed by atoms with Crippen LogP contribution in [0.15, 0.2) is 109 Å². The van der Waals surface area contributed by atoms with Gasteiger partial charge in [0.2, 0.25) is 23.6 Å². The Labute approximate surface area is 285 Å². The van der Waals surface area contributed by atoms with Crippen LogP contribution in [-0.4, -0.2) is 63.6 Å². The summed E-state index contributed by atoms with van der Waals surface area (Å²) in [6, 6.07) is 33.6. The van der Waals surface area contributed by atoms with E-state index in [1.807, 2.05) is 109 Å². The Morgan fingerprint density at radius 1 is 0.612 bits per heavy atom. The van der Waals surface area contributed by atoms with E-state index in [4.69, 9.17) is 0 Å². The number of benzene rings is 4. The molecule has 0 radical (unpaired) electrons. The van der Waals surface area contributed by atoms with E-state index in [0.717, 1.165) is 46.1 Å². The molecule has 248 valence electrons. The SMILES string of the molecule is O=C(Nc1ccc(-c2cc3cc(NC(=O)[C@@H]4CCCN4C(=O)Cc4ccccc4)ccc3[nH]2)cc1)[C@@H]1CCCN1C(=O)Cc1ccccc1. The van der Waals surface area contributed by atoms with E-state index >= 15 is 0 Å². The van der Waals surface area contributed by atoms with E-state index in [1.54, 1.807) is 9.80 Å². The summed E-state index contributed by atoms with van der Waals surface area (Å²) in [4.78, 5) is 59.4. The van der Waals surface area contributed by atoms with E-state index < -0.39 is 12.1 Å². The molecule has 2 aliphatic heterocycles. The number of nitrogens with one attached hydrogen (secondary N) is 3. The smallest absolute Gasteiger partial charge is 0.247 e. The lowest BCUT2D eigenvalue weighted by Gasteiger charge is -2.24. The lowest BCUT2D eigenvalue weighted by molar-refractivity contribution is -0.136. The average Bonchev–Trinajstić information content (AvgIpc) is 3.90. The highest BCUT2D eigenvalue weighted by atomic mass is 16.2. The molecule has 2 fully saturated rings. The summed E-state index contributed by atoms with van der Waals surface area (Å²) >= 11 is 0. The van der Waals surface area contributed by atoms with Crippen molar-refractivity contribution in [1.29, 1.82) is 0 Å². The van der Waals surface area contributed by atoms with Gasteiger partial charge in [0.15, 0.2) is 0 Å². The second-order valence-corrected chi connectivity index (χ2v) is 12.9. The van der Waals surface area contributed by atoms with Gasteiger partial charge in [-0.05, 0) is 78.8 Å². The minimum Gasteiger partial charge on any atom is -0.355 e. The molecule has 3 heterocycles. The van der Waals surface area contributed by atoms with Crippen molar-refractivity contribution in [3.8, 4) is 11.3 Å². The predicted octanol–water partition coefficient (Wildman–Crippen LogP) is 6.18. The molecule has 0 unspecified atom stereocenters. The molecule has 0 aliphatic carbocycles. The monoisotopic (exact) mass is 653 g/mol. The number of carbonyl (C=O) groups excluding carboxylic acids is 4. The minimum atomic E-state index is -0.487. The van der Waals surface area contributed by atoms with Crippen LogP contribution in [0.4, 0.5) is 11.4 Å². The Kier molecular flexibility index (Phi) is 9.23. The molecule has 4 aromatic carbocycles. The van der Waals surface area contributed by atoms with Crippen LogP contribution in [0, 0.1) is 0 Å². The van der Waals surface area contributed by atoms with Gasteiger partial charge >= 0.3 is 0 Å². The van der Waals surface area contributed by atoms with Gasteiger partial charge in [0.1, 0.15) is 12.1 Å². The maximum atomic E-state index is 13.3. The topological polar surface area (TPSA) is 115 Å². The average molecular weight is 654 g/mol. The van der Waals surface area contributed by atoms with Crippen LogP contribution in [0.5, 0.6) is 0 Å². The molecule has 1 aromatic heterocycles. The van der Waals surface area contributed by atoms with Crippen LogP contribution >= 0.6 is 0 Å². The molecule has 2 saturated heterocycles. The largest absolute Gasteiger partial charge is 0.355 e. The van der Waals surface area contributed by atoms with Gasteiger partial charge in [-0.2, -0.15) is 0 Å². The van der Waals surface area contributed by atoms with Crippen molar-refractivity contribution in [2.24, 2.45) is 0 Å². The predicted molar refractivity (Wildman–Crippen MR) is 191 cm³/mol. The van der Waals surface area contributed by atoms with Crippen LogP contribution < -0.4 is 10.6 Å². The number of hydrogen-bond donors (Lipinski definition) is 3. The van der Waals surface area contributed by atoms with Crippen molar-refractivity contribution in [2.75, 3.05) is 23.7 Å². The second-order valence-electron chi connectivity index (χ2n) is 12.9. The Hall–Kier alpha value is -5.70. The zero-order valence-corrected chi connectivity index (χ0v) is 27.2. The molecule has 2 atom stereocenters. The Bertz CT molecular complexity index is 1970. The lowest BCUT2D eigenvalue weighted by Crippen LogP contribution is -2.43. The number of aromatic amines is 1. The highest BCUT2D eigenvalue weighted by Crippen LogP contribution is 2.29. The van der Waals surface area contributed by atoms with Crippen molar-refractivity contribution in [2.45, 2.75) is 50.6 Å². The van der Waals surface area contributed by atoms with Crippen LogP contribution in [0.25, 0.3) is 22.2 Å². The molecule has 9 nitrogen and oxygen atoms in total. The highest BCUT2D eigenvalue weighted by molar-refractivity contribution is 6.00. The molecule has 5 aromatic rings. The summed E-state index contributed by atoms with van der Waals surface area (Å²) in [7, 11) is 0. The molecule has 2 aliphatic rings. The quantitative estimate of drug-likeness (QED) is 0.176. The normalized spacial score (nSPS) is 17.3. The third-order valence-corrected chi connectivity index (χ3v) is 9.50. The molecule has 9 heteroatoms. The van der Waals surface area contributed by atoms with E-state index in [2.05, 4.69) is 15.6 Å². The van der Waals surface area contributed by atoms with Crippen molar-refractivity contribution < 1.29 is 19.2 Å². The minimum absolute atomic E-state index is 0.0322. The molecular formula is C40H39N5O4. The molecular weight excluding hydrogens is 614 g/mol. The van der Waals surface area contributed by atoms with Gasteiger partial charge in [-0.15, -0.1) is 0 Å². The summed E-state index contributed by atoms with van der Waals surface area (Å²) in [5.74, 6) is -0.411. The number of H-pyrrole nitrogens is 1. The maximum absolute atomic E-state index is 13.3. The number of anilines is 2. The summed E-state index contributed by atoms with van der Waals surface area (Å²) in [6.07, 6.45) is 3.46. The molecule has 0 spiro atoms. The first-order valence-corrected chi connectivity index (χ1v) is 16.9. The number of likely N-dealkylation sites (tertiary alicyclic amines) is 2. The molecule has 4 amide bonds. The molecule has 7 rings (SSSR count). The number of rotatable bonds is 9. The standard InChI is InChI=1S/C40H39N5O4/c46-37(23-27-9-3-1-4-10-27)44-21-7-13-35(44)39(48)41-31-17-15-29(16-18-31)34-26-30-25-32(19-20-33(30)43-34)42-40(49)36-14-8-22-45(36)38(47)24-28-11-5-2-6-12-28/h1-6,9-12,15-20,25-26,35-36,43H,7-8,13-14,21-24H2,(H,41,48)(H,42,49)/t35-,36-/m0/s1. The van der Waals surface area contributed by atoms with Crippen LogP contribution in [-0.2, 0) is 32.0 Å². The third kappa shape index (κ3) is 7.26. The summed E-state index contributed by atoms with van der Waals surface area (Å²) in [6.45, 7) is 1.17. The van der Waals surface area contributed by atoms with E-state index in [9.17, 15) is 19.2 Å². The fourth-order valence-corrected chi connectivity index (χ4v) is 6.97. The number of hydrogen-bond acceptors (Lipinski definition) is 4. The number of amides is 4. The summed E-state index contributed by atoms with van der Waals surface area (Å²) in [5, 5.41) is 6.97. The van der Waals surface area contributed by atoms with E-state index in [1.165, 1.54) is 0 Å². The van der Waals surface area contributed by atoms with Crippen LogP contribution in [0.2, 0.25) is 0 Å². The lowest BCUT2D eigenvalue weighted by atomic mass is 10.1. The van der Waals surface area contributed by atoms with Crippen molar-refractivity contribution >= 4 is 45.9 Å².